The van der Waals surface area contributed by atoms with Gasteiger partial charge in [-0.1, -0.05) is 0 Å². The molecule has 1 rings (SSSR count). The SMILES string of the molecule is COC1(OC)CC(C)(C)N([O])C(C)(C)C1. The van der Waals surface area contributed by atoms with Gasteiger partial charge in [0.25, 0.3) is 0 Å². The Morgan fingerprint density at radius 2 is 1.27 bits per heavy atom. The van der Waals surface area contributed by atoms with Crippen LogP contribution < -0.4 is 0 Å². The molecule has 0 aromatic carbocycles. The van der Waals surface area contributed by atoms with Crippen LogP contribution in [0, 0.1) is 0 Å². The second-order valence-electron chi connectivity index (χ2n) is 5.59. The van der Waals surface area contributed by atoms with Gasteiger partial charge in [-0.15, -0.1) is 10.3 Å². The lowest BCUT2D eigenvalue weighted by Crippen LogP contribution is -2.64. The van der Waals surface area contributed by atoms with Crippen LogP contribution in [0.5, 0.6) is 0 Å². The zero-order valence-corrected chi connectivity index (χ0v) is 10.6. The minimum Gasteiger partial charge on any atom is -0.353 e. The molecule has 15 heavy (non-hydrogen) atoms. The normalized spacial score (nSPS) is 29.0. The van der Waals surface area contributed by atoms with Crippen LogP contribution >= 0.6 is 0 Å². The Bertz CT molecular complexity index is 214. The first-order chi connectivity index (χ1) is 6.69. The molecular formula is C11H22NO3. The van der Waals surface area contributed by atoms with E-state index < -0.39 is 16.9 Å². The maximum atomic E-state index is 12.1. The zero-order valence-electron chi connectivity index (χ0n) is 10.6. The quantitative estimate of drug-likeness (QED) is 0.663. The summed E-state index contributed by atoms with van der Waals surface area (Å²) in [6.07, 6.45) is 1.17. The molecule has 0 unspecified atom stereocenters. The smallest absolute Gasteiger partial charge is 0.171 e. The van der Waals surface area contributed by atoms with Crippen LogP contribution in [-0.2, 0) is 14.7 Å². The van der Waals surface area contributed by atoms with Crippen molar-refractivity contribution in [3.05, 3.63) is 0 Å². The second-order valence-corrected chi connectivity index (χ2v) is 5.59. The van der Waals surface area contributed by atoms with Gasteiger partial charge in [0, 0.05) is 38.1 Å². The molecule has 0 bridgehead atoms. The third-order valence-electron chi connectivity index (χ3n) is 3.25. The molecule has 0 spiro atoms. The molecule has 0 aromatic heterocycles. The van der Waals surface area contributed by atoms with Crippen molar-refractivity contribution < 1.29 is 14.7 Å². The Morgan fingerprint density at radius 3 is 1.53 bits per heavy atom. The van der Waals surface area contributed by atoms with Crippen LogP contribution in [0.1, 0.15) is 40.5 Å². The lowest BCUT2D eigenvalue weighted by molar-refractivity contribution is -0.353. The van der Waals surface area contributed by atoms with E-state index in [9.17, 15) is 5.21 Å². The number of ether oxygens (including phenoxy) is 2. The molecule has 0 atom stereocenters. The standard InChI is InChI=1S/C11H22NO3/c1-9(2)7-11(14-5,15-6)8-10(3,4)12(9)13/h7-8H2,1-6H3. The number of methoxy groups -OCH3 is 2. The van der Waals surface area contributed by atoms with Crippen LogP contribution in [0.3, 0.4) is 0 Å². The third-order valence-corrected chi connectivity index (χ3v) is 3.25. The summed E-state index contributed by atoms with van der Waals surface area (Å²) in [5.41, 5.74) is -0.929. The van der Waals surface area contributed by atoms with E-state index in [1.165, 1.54) is 0 Å². The number of hydroxylamine groups is 2. The fraction of sp³-hybridized carbons (Fsp3) is 1.00. The van der Waals surface area contributed by atoms with Crippen LogP contribution in [0.15, 0.2) is 0 Å². The first kappa shape index (κ1) is 12.9. The van der Waals surface area contributed by atoms with Crippen molar-refractivity contribution in [3.63, 3.8) is 0 Å². The van der Waals surface area contributed by atoms with Crippen LogP contribution in [0.25, 0.3) is 0 Å². The number of rotatable bonds is 2. The molecule has 0 aliphatic carbocycles. The maximum Gasteiger partial charge on any atom is 0.171 e. The topological polar surface area (TPSA) is 41.6 Å². The lowest BCUT2D eigenvalue weighted by Gasteiger charge is -2.53. The van der Waals surface area contributed by atoms with E-state index >= 15 is 0 Å². The van der Waals surface area contributed by atoms with Gasteiger partial charge in [0.15, 0.2) is 5.79 Å². The average Bonchev–Trinajstić information content (AvgIpc) is 2.13. The molecule has 1 radical (unpaired) electrons. The molecule has 0 N–H and O–H groups in total. The fourth-order valence-electron chi connectivity index (χ4n) is 2.72. The van der Waals surface area contributed by atoms with Crippen molar-refractivity contribution >= 4 is 0 Å². The van der Waals surface area contributed by atoms with E-state index in [4.69, 9.17) is 9.47 Å². The number of nitrogens with zero attached hydrogens (tertiary/aromatic N) is 1. The van der Waals surface area contributed by atoms with E-state index in [1.807, 2.05) is 27.7 Å². The molecule has 0 saturated carbocycles. The Hall–Kier alpha value is -0.160. The number of piperidine rings is 1. The Labute approximate surface area is 92.1 Å². The average molecular weight is 216 g/mol. The van der Waals surface area contributed by atoms with Gasteiger partial charge >= 0.3 is 0 Å². The van der Waals surface area contributed by atoms with Crippen molar-refractivity contribution in [1.29, 1.82) is 0 Å². The van der Waals surface area contributed by atoms with E-state index in [2.05, 4.69) is 0 Å². The van der Waals surface area contributed by atoms with Crippen LogP contribution in [0.2, 0.25) is 0 Å². The van der Waals surface area contributed by atoms with Crippen molar-refractivity contribution in [3.8, 4) is 0 Å². The highest BCUT2D eigenvalue weighted by Crippen LogP contribution is 2.44. The first-order valence-corrected chi connectivity index (χ1v) is 5.27. The Kier molecular flexibility index (Phi) is 3.18. The summed E-state index contributed by atoms with van der Waals surface area (Å²) in [5, 5.41) is 13.3. The van der Waals surface area contributed by atoms with Gasteiger partial charge in [-0.05, 0) is 27.7 Å². The zero-order chi connectivity index (χ0) is 11.9. The molecule has 0 aromatic rings. The number of hydrogen-bond donors (Lipinski definition) is 0. The maximum absolute atomic E-state index is 12.1. The van der Waals surface area contributed by atoms with Crippen LogP contribution in [-0.4, -0.2) is 36.1 Å². The predicted octanol–water partition coefficient (Wildman–Crippen LogP) is 1.97. The fourth-order valence-corrected chi connectivity index (χ4v) is 2.72. The molecule has 1 fully saturated rings. The molecule has 1 saturated heterocycles. The minimum absolute atomic E-state index is 0.465. The van der Waals surface area contributed by atoms with Gasteiger partial charge in [-0.3, -0.25) is 0 Å². The van der Waals surface area contributed by atoms with Gasteiger partial charge in [0.1, 0.15) is 0 Å². The second kappa shape index (κ2) is 3.70. The molecule has 1 aliphatic heterocycles. The van der Waals surface area contributed by atoms with Gasteiger partial charge in [-0.25, -0.2) is 0 Å². The van der Waals surface area contributed by atoms with Gasteiger partial charge in [-0.2, -0.15) is 0 Å². The Balaban J connectivity index is 3.02. The van der Waals surface area contributed by atoms with Gasteiger partial charge in [0.2, 0.25) is 0 Å². The largest absolute Gasteiger partial charge is 0.353 e. The minimum atomic E-state index is -0.631. The third kappa shape index (κ3) is 2.18. The van der Waals surface area contributed by atoms with Crippen molar-refractivity contribution in [2.24, 2.45) is 0 Å². The monoisotopic (exact) mass is 216 g/mol. The first-order valence-electron chi connectivity index (χ1n) is 5.27. The van der Waals surface area contributed by atoms with Crippen molar-refractivity contribution in [2.75, 3.05) is 14.2 Å². The summed E-state index contributed by atoms with van der Waals surface area (Å²) in [5.74, 6) is -0.631. The van der Waals surface area contributed by atoms with E-state index in [0.29, 0.717) is 12.8 Å². The summed E-state index contributed by atoms with van der Waals surface area (Å²) in [7, 11) is 3.27. The van der Waals surface area contributed by atoms with Crippen molar-refractivity contribution in [2.45, 2.75) is 57.4 Å². The Morgan fingerprint density at radius 1 is 0.933 bits per heavy atom. The van der Waals surface area contributed by atoms with Gasteiger partial charge < -0.3 is 9.47 Å². The molecule has 89 valence electrons. The summed E-state index contributed by atoms with van der Waals surface area (Å²) in [6.45, 7) is 7.70. The highest BCUT2D eigenvalue weighted by Gasteiger charge is 2.53. The summed E-state index contributed by atoms with van der Waals surface area (Å²) in [6, 6.07) is 0. The van der Waals surface area contributed by atoms with Crippen molar-refractivity contribution in [1.82, 2.24) is 5.06 Å². The summed E-state index contributed by atoms with van der Waals surface area (Å²) < 4.78 is 10.9. The number of hydrogen-bond acceptors (Lipinski definition) is 3. The van der Waals surface area contributed by atoms with E-state index in [0.717, 1.165) is 5.06 Å². The molecule has 1 aliphatic rings. The summed E-state index contributed by atoms with van der Waals surface area (Å²) >= 11 is 0. The van der Waals surface area contributed by atoms with E-state index in [-0.39, 0.29) is 0 Å². The van der Waals surface area contributed by atoms with Crippen LogP contribution in [0.4, 0.5) is 0 Å². The molecule has 4 heteroatoms. The van der Waals surface area contributed by atoms with Gasteiger partial charge in [0.05, 0.1) is 0 Å². The molecule has 0 amide bonds. The summed E-state index contributed by atoms with van der Waals surface area (Å²) in [4.78, 5) is 0. The molecular weight excluding hydrogens is 194 g/mol. The predicted molar refractivity (Wildman–Crippen MR) is 56.7 cm³/mol. The highest BCUT2D eigenvalue weighted by atomic mass is 16.7. The molecule has 4 nitrogen and oxygen atoms in total. The highest BCUT2D eigenvalue weighted by molar-refractivity contribution is 5.00. The molecule has 1 heterocycles. The van der Waals surface area contributed by atoms with E-state index in [1.54, 1.807) is 14.2 Å². The lowest BCUT2D eigenvalue weighted by atomic mass is 9.78.